The molecule has 0 spiro atoms. The number of rotatable bonds is 2. The molecule has 152 valence electrons. The molecule has 0 N–H and O–H groups in total. The number of likely N-dealkylation sites (N-methyl/N-ethyl adjacent to an activating group) is 1. The first-order chi connectivity index (χ1) is 13.7. The van der Waals surface area contributed by atoms with Crippen LogP contribution in [-0.2, 0) is 0 Å². The highest BCUT2D eigenvalue weighted by Crippen LogP contribution is 2.47. The van der Waals surface area contributed by atoms with Crippen molar-refractivity contribution in [1.29, 1.82) is 0 Å². The number of urea groups is 1. The molecule has 2 amide bonds. The van der Waals surface area contributed by atoms with E-state index < -0.39 is 0 Å². The Morgan fingerprint density at radius 3 is 2.29 bits per heavy atom. The lowest BCUT2D eigenvalue weighted by Crippen LogP contribution is -2.62. The summed E-state index contributed by atoms with van der Waals surface area (Å²) in [5.74, 6) is 1.96. The number of ether oxygens (including phenoxy) is 1. The summed E-state index contributed by atoms with van der Waals surface area (Å²) in [4.78, 5) is 22.8. The summed E-state index contributed by atoms with van der Waals surface area (Å²) in [6.07, 6.45) is 2.48. The van der Waals surface area contributed by atoms with Gasteiger partial charge in [0.15, 0.2) is 0 Å². The summed E-state index contributed by atoms with van der Waals surface area (Å²) in [7, 11) is 3.85. The van der Waals surface area contributed by atoms with Crippen molar-refractivity contribution in [1.82, 2.24) is 19.6 Å². The van der Waals surface area contributed by atoms with E-state index in [1.807, 2.05) is 0 Å². The Hall–Kier alpha value is -1.79. The Kier molecular flexibility index (Phi) is 4.71. The van der Waals surface area contributed by atoms with Crippen LogP contribution >= 0.6 is 0 Å². The lowest BCUT2D eigenvalue weighted by atomic mass is 9.75. The summed E-state index contributed by atoms with van der Waals surface area (Å²) in [6.45, 7) is 6.88. The van der Waals surface area contributed by atoms with Crippen LogP contribution in [0.4, 0.5) is 4.79 Å². The van der Waals surface area contributed by atoms with Crippen molar-refractivity contribution in [3.8, 4) is 5.75 Å². The quantitative estimate of drug-likeness (QED) is 0.781. The highest BCUT2D eigenvalue weighted by Gasteiger charge is 2.55. The molecular weight excluding hydrogens is 352 g/mol. The van der Waals surface area contributed by atoms with Gasteiger partial charge in [-0.15, -0.1) is 0 Å². The van der Waals surface area contributed by atoms with Gasteiger partial charge in [-0.2, -0.15) is 0 Å². The highest BCUT2D eigenvalue weighted by molar-refractivity contribution is 5.76. The van der Waals surface area contributed by atoms with Crippen LogP contribution < -0.4 is 4.74 Å². The van der Waals surface area contributed by atoms with Gasteiger partial charge in [-0.05, 0) is 56.6 Å². The molecule has 1 aromatic carbocycles. The lowest BCUT2D eigenvalue weighted by molar-refractivity contribution is -0.00190. The van der Waals surface area contributed by atoms with E-state index in [1.54, 1.807) is 7.11 Å². The molecule has 5 aliphatic rings. The zero-order valence-electron chi connectivity index (χ0n) is 17.1. The Morgan fingerprint density at radius 2 is 1.64 bits per heavy atom. The van der Waals surface area contributed by atoms with Gasteiger partial charge in [-0.1, -0.05) is 12.1 Å². The first-order valence-corrected chi connectivity index (χ1v) is 10.8. The summed E-state index contributed by atoms with van der Waals surface area (Å²) >= 11 is 0. The largest absolute Gasteiger partial charge is 0.497 e. The molecule has 5 saturated heterocycles. The van der Waals surface area contributed by atoms with Crippen LogP contribution in [0.5, 0.6) is 5.75 Å². The van der Waals surface area contributed by atoms with Gasteiger partial charge in [-0.3, -0.25) is 4.90 Å². The van der Waals surface area contributed by atoms with Crippen molar-refractivity contribution in [3.63, 3.8) is 0 Å². The van der Waals surface area contributed by atoms with Gasteiger partial charge in [-0.25, -0.2) is 4.79 Å². The molecule has 3 atom stereocenters. The fourth-order valence-corrected chi connectivity index (χ4v) is 5.97. The van der Waals surface area contributed by atoms with E-state index in [-0.39, 0.29) is 6.03 Å². The SMILES string of the molecule is COc1ccc(C2CN(C(=O)N3CCN(C)CC3)C3C4CCN(CC4)C23)cc1. The van der Waals surface area contributed by atoms with E-state index in [1.165, 1.54) is 31.5 Å². The van der Waals surface area contributed by atoms with E-state index in [9.17, 15) is 4.79 Å². The first kappa shape index (κ1) is 18.3. The molecule has 6 heteroatoms. The third-order valence-corrected chi connectivity index (χ3v) is 7.56. The number of hydrogen-bond donors (Lipinski definition) is 0. The highest BCUT2D eigenvalue weighted by atomic mass is 16.5. The number of benzene rings is 1. The monoisotopic (exact) mass is 384 g/mol. The van der Waals surface area contributed by atoms with Gasteiger partial charge in [0.25, 0.3) is 0 Å². The second-order valence-electron chi connectivity index (χ2n) is 8.96. The fraction of sp³-hybridized carbons (Fsp3) is 0.682. The fourth-order valence-electron chi connectivity index (χ4n) is 5.97. The number of carbonyl (C=O) groups excluding carboxylic acids is 1. The molecule has 2 bridgehead atoms. The molecule has 0 saturated carbocycles. The predicted molar refractivity (Wildman–Crippen MR) is 109 cm³/mol. The van der Waals surface area contributed by atoms with Crippen LogP contribution in [0.15, 0.2) is 24.3 Å². The van der Waals surface area contributed by atoms with Gasteiger partial charge in [0, 0.05) is 44.7 Å². The number of methoxy groups -OCH3 is 1. The number of nitrogens with zero attached hydrogens (tertiary/aromatic N) is 4. The normalized spacial score (nSPS) is 35.1. The second-order valence-corrected chi connectivity index (χ2v) is 8.96. The molecule has 1 aromatic rings. The van der Waals surface area contributed by atoms with Crippen molar-refractivity contribution in [3.05, 3.63) is 29.8 Å². The molecule has 6 nitrogen and oxygen atoms in total. The van der Waals surface area contributed by atoms with Gasteiger partial charge < -0.3 is 19.4 Å². The number of piperazine rings is 1. The van der Waals surface area contributed by atoms with E-state index >= 15 is 0 Å². The maximum Gasteiger partial charge on any atom is 0.320 e. The average Bonchev–Trinajstić information content (AvgIpc) is 3.17. The molecule has 28 heavy (non-hydrogen) atoms. The molecule has 0 aliphatic carbocycles. The minimum absolute atomic E-state index is 0.271. The van der Waals surface area contributed by atoms with Crippen LogP contribution in [0.2, 0.25) is 0 Å². The van der Waals surface area contributed by atoms with E-state index in [4.69, 9.17) is 4.74 Å². The first-order valence-electron chi connectivity index (χ1n) is 10.8. The van der Waals surface area contributed by atoms with Crippen LogP contribution in [0.3, 0.4) is 0 Å². The molecule has 0 aromatic heterocycles. The van der Waals surface area contributed by atoms with Gasteiger partial charge >= 0.3 is 6.03 Å². The minimum atomic E-state index is 0.271. The summed E-state index contributed by atoms with van der Waals surface area (Å²) in [6, 6.07) is 9.64. The molecule has 0 radical (unpaired) electrons. The maximum absolute atomic E-state index is 13.5. The zero-order chi connectivity index (χ0) is 19.3. The van der Waals surface area contributed by atoms with Crippen LogP contribution in [0.25, 0.3) is 0 Å². The average molecular weight is 385 g/mol. The third-order valence-electron chi connectivity index (χ3n) is 7.56. The minimum Gasteiger partial charge on any atom is -0.497 e. The topological polar surface area (TPSA) is 39.3 Å². The number of hydrogen-bond acceptors (Lipinski definition) is 4. The molecular formula is C22H32N4O2. The molecule has 3 unspecified atom stereocenters. The van der Waals surface area contributed by atoms with Gasteiger partial charge in [0.1, 0.15) is 5.75 Å². The zero-order valence-corrected chi connectivity index (χ0v) is 17.1. The number of likely N-dealkylation sites (tertiary alicyclic amines) is 1. The number of carbonyl (C=O) groups is 1. The van der Waals surface area contributed by atoms with Crippen LogP contribution in [0.1, 0.15) is 24.3 Å². The smallest absolute Gasteiger partial charge is 0.320 e. The van der Waals surface area contributed by atoms with Crippen LogP contribution in [-0.4, -0.2) is 97.7 Å². The second kappa shape index (κ2) is 7.23. The van der Waals surface area contributed by atoms with E-state index in [2.05, 4.69) is 50.9 Å². The molecule has 5 fully saturated rings. The van der Waals surface area contributed by atoms with Gasteiger partial charge in [0.2, 0.25) is 0 Å². The van der Waals surface area contributed by atoms with Crippen LogP contribution in [0, 0.1) is 5.92 Å². The summed E-state index contributed by atoms with van der Waals surface area (Å²) in [5, 5.41) is 0. The lowest BCUT2D eigenvalue weighted by Gasteiger charge is -2.51. The number of amides is 2. The summed E-state index contributed by atoms with van der Waals surface area (Å²) < 4.78 is 5.35. The van der Waals surface area contributed by atoms with Crippen molar-refractivity contribution in [2.24, 2.45) is 5.92 Å². The third kappa shape index (κ3) is 2.98. The molecule has 5 aliphatic heterocycles. The van der Waals surface area contributed by atoms with Crippen molar-refractivity contribution in [2.45, 2.75) is 30.8 Å². The predicted octanol–water partition coefficient (Wildman–Crippen LogP) is 1.92. The Bertz CT molecular complexity index is 708. The Labute approximate surface area is 168 Å². The number of fused-ring (bicyclic) bond motifs is 2. The Morgan fingerprint density at radius 1 is 0.964 bits per heavy atom. The molecule has 5 heterocycles. The van der Waals surface area contributed by atoms with Crippen molar-refractivity contribution >= 4 is 6.03 Å². The molecule has 6 rings (SSSR count). The van der Waals surface area contributed by atoms with Gasteiger partial charge in [0.05, 0.1) is 13.2 Å². The Balaban J connectivity index is 1.42. The van der Waals surface area contributed by atoms with Crippen molar-refractivity contribution < 1.29 is 9.53 Å². The number of piperidine rings is 3. The standard InChI is InChI=1S/C22H32N4O2/c1-23-11-13-25(14-12-23)22(27)26-15-19(16-3-5-18(28-2)6-4-16)21-20(26)17-7-9-24(21)10-8-17/h3-6,17,19-21H,7-15H2,1-2H3. The van der Waals surface area contributed by atoms with Crippen molar-refractivity contribution in [2.75, 3.05) is 60.0 Å². The van der Waals surface area contributed by atoms with E-state index in [0.29, 0.717) is 23.9 Å². The maximum atomic E-state index is 13.5. The summed E-state index contributed by atoms with van der Waals surface area (Å²) in [5.41, 5.74) is 1.34. The van der Waals surface area contributed by atoms with E-state index in [0.717, 1.165) is 38.5 Å².